The van der Waals surface area contributed by atoms with Gasteiger partial charge in [0.05, 0.1) is 0 Å². The van der Waals surface area contributed by atoms with Crippen molar-refractivity contribution in [3.8, 4) is 11.1 Å². The number of hydrogen-bond acceptors (Lipinski definition) is 3. The number of piperazine rings is 1. The van der Waals surface area contributed by atoms with E-state index in [-0.39, 0.29) is 24.2 Å². The molecule has 1 heterocycles. The molecule has 3 aromatic carbocycles. The van der Waals surface area contributed by atoms with Crippen LogP contribution >= 0.6 is 0 Å². The van der Waals surface area contributed by atoms with Gasteiger partial charge in [0.2, 0.25) is 0 Å². The van der Waals surface area contributed by atoms with Crippen molar-refractivity contribution >= 4 is 11.9 Å². The first kappa shape index (κ1) is 22.7. The molecule has 3 aromatic rings. The Morgan fingerprint density at radius 2 is 1.48 bits per heavy atom. The van der Waals surface area contributed by atoms with Crippen molar-refractivity contribution in [1.29, 1.82) is 0 Å². The summed E-state index contributed by atoms with van der Waals surface area (Å²) in [7, 11) is 0. The van der Waals surface area contributed by atoms with Gasteiger partial charge in [0.1, 0.15) is 5.82 Å². The molecule has 1 aliphatic heterocycles. The van der Waals surface area contributed by atoms with Gasteiger partial charge < -0.3 is 10.0 Å². The molecule has 33 heavy (non-hydrogen) atoms. The Morgan fingerprint density at radius 3 is 2.15 bits per heavy atom. The third kappa shape index (κ3) is 5.46. The van der Waals surface area contributed by atoms with Crippen molar-refractivity contribution in [2.24, 2.45) is 0 Å². The van der Waals surface area contributed by atoms with Crippen molar-refractivity contribution in [3.05, 3.63) is 95.8 Å². The number of amides is 1. The lowest BCUT2D eigenvalue weighted by atomic mass is 9.98. The van der Waals surface area contributed by atoms with Gasteiger partial charge in [0.25, 0.3) is 5.91 Å². The zero-order valence-electron chi connectivity index (χ0n) is 18.4. The Hall–Kier alpha value is -3.51. The van der Waals surface area contributed by atoms with Crippen LogP contribution < -0.4 is 0 Å². The van der Waals surface area contributed by atoms with Gasteiger partial charge in [-0.1, -0.05) is 60.7 Å². The van der Waals surface area contributed by atoms with Gasteiger partial charge in [-0.25, -0.2) is 4.39 Å². The number of rotatable bonds is 7. The average Bonchev–Trinajstić information content (AvgIpc) is 2.85. The minimum absolute atomic E-state index is 0.00188. The molecule has 0 aromatic heterocycles. The summed E-state index contributed by atoms with van der Waals surface area (Å²) in [6, 6.07) is 23.6. The van der Waals surface area contributed by atoms with Crippen molar-refractivity contribution in [2.45, 2.75) is 18.9 Å². The molecule has 1 amide bonds. The van der Waals surface area contributed by atoms with Crippen LogP contribution in [0.3, 0.4) is 0 Å². The maximum absolute atomic E-state index is 13.4. The molecule has 1 aliphatic rings. The summed E-state index contributed by atoms with van der Waals surface area (Å²) in [5, 5.41) is 9.18. The Morgan fingerprint density at radius 1 is 0.848 bits per heavy atom. The second-order valence-corrected chi connectivity index (χ2v) is 8.24. The van der Waals surface area contributed by atoms with Crippen LogP contribution in [0.4, 0.5) is 4.39 Å². The van der Waals surface area contributed by atoms with Crippen LogP contribution in [0.25, 0.3) is 11.1 Å². The zero-order valence-corrected chi connectivity index (χ0v) is 18.4. The molecular formula is C27H27FN2O3. The molecule has 0 aliphatic carbocycles. The fourth-order valence-corrected chi connectivity index (χ4v) is 4.45. The van der Waals surface area contributed by atoms with Crippen molar-refractivity contribution in [1.82, 2.24) is 9.80 Å². The third-order valence-corrected chi connectivity index (χ3v) is 6.17. The first-order chi connectivity index (χ1) is 16.0. The van der Waals surface area contributed by atoms with Gasteiger partial charge in [-0.3, -0.25) is 14.5 Å². The van der Waals surface area contributed by atoms with Gasteiger partial charge in [0.15, 0.2) is 0 Å². The van der Waals surface area contributed by atoms with E-state index in [9.17, 15) is 19.1 Å². The van der Waals surface area contributed by atoms with Crippen LogP contribution in [0.2, 0.25) is 0 Å². The van der Waals surface area contributed by atoms with Gasteiger partial charge >= 0.3 is 5.97 Å². The minimum atomic E-state index is -0.853. The van der Waals surface area contributed by atoms with Crippen molar-refractivity contribution < 1.29 is 19.1 Å². The quantitative estimate of drug-likeness (QED) is 0.563. The highest BCUT2D eigenvalue weighted by Crippen LogP contribution is 2.29. The third-order valence-electron chi connectivity index (χ3n) is 6.17. The predicted molar refractivity (Wildman–Crippen MR) is 125 cm³/mol. The normalized spacial score (nSPS) is 15.2. The van der Waals surface area contributed by atoms with E-state index in [1.807, 2.05) is 59.5 Å². The molecule has 0 saturated carbocycles. The van der Waals surface area contributed by atoms with Gasteiger partial charge in [-0.2, -0.15) is 0 Å². The number of carboxylic acids is 1. The molecule has 4 rings (SSSR count). The highest BCUT2D eigenvalue weighted by atomic mass is 19.1. The van der Waals surface area contributed by atoms with Crippen LogP contribution in [-0.2, 0) is 4.79 Å². The summed E-state index contributed by atoms with van der Waals surface area (Å²) in [5.41, 5.74) is 3.49. The largest absolute Gasteiger partial charge is 0.481 e. The minimum Gasteiger partial charge on any atom is -0.481 e. The lowest BCUT2D eigenvalue weighted by Gasteiger charge is -2.39. The molecule has 0 unspecified atom stereocenters. The van der Waals surface area contributed by atoms with E-state index < -0.39 is 5.97 Å². The number of carbonyl (C=O) groups is 2. The van der Waals surface area contributed by atoms with Crippen LogP contribution in [-0.4, -0.2) is 53.0 Å². The molecule has 1 fully saturated rings. The average molecular weight is 447 g/mol. The topological polar surface area (TPSA) is 60.9 Å². The standard InChI is InChI=1S/C27H27FN2O3/c28-22-12-10-21(11-13-22)25(14-15-26(31)32)29-16-18-30(19-17-29)27(33)24-9-5-4-8-23(24)20-6-2-1-3-7-20/h1-13,25H,14-19H2,(H,31,32)/t25-/m1/s1. The molecule has 0 bridgehead atoms. The number of carboxylic acid groups (broad SMARTS) is 1. The van der Waals surface area contributed by atoms with Crippen molar-refractivity contribution in [2.75, 3.05) is 26.2 Å². The number of hydrogen-bond donors (Lipinski definition) is 1. The highest BCUT2D eigenvalue weighted by molar-refractivity contribution is 6.01. The number of carbonyl (C=O) groups excluding carboxylic acids is 1. The van der Waals surface area contributed by atoms with E-state index in [1.54, 1.807) is 12.1 Å². The second-order valence-electron chi connectivity index (χ2n) is 8.24. The Bertz CT molecular complexity index is 1090. The maximum Gasteiger partial charge on any atom is 0.303 e. The Balaban J connectivity index is 1.48. The summed E-state index contributed by atoms with van der Waals surface area (Å²) in [5.74, 6) is -1.17. The van der Waals surface area contributed by atoms with Crippen molar-refractivity contribution in [3.63, 3.8) is 0 Å². The first-order valence-corrected chi connectivity index (χ1v) is 11.2. The molecular weight excluding hydrogens is 419 g/mol. The summed E-state index contributed by atoms with van der Waals surface area (Å²) in [6.45, 7) is 2.35. The lowest BCUT2D eigenvalue weighted by molar-refractivity contribution is -0.137. The summed E-state index contributed by atoms with van der Waals surface area (Å²) >= 11 is 0. The fourth-order valence-electron chi connectivity index (χ4n) is 4.45. The van der Waals surface area contributed by atoms with Gasteiger partial charge in [-0.05, 0) is 41.3 Å². The van der Waals surface area contributed by atoms with Crippen LogP contribution in [0.5, 0.6) is 0 Å². The van der Waals surface area contributed by atoms with E-state index in [0.29, 0.717) is 38.2 Å². The Kier molecular flexibility index (Phi) is 7.15. The number of aliphatic carboxylic acids is 1. The van der Waals surface area contributed by atoms with Crippen LogP contribution in [0, 0.1) is 5.82 Å². The Labute approximate surface area is 193 Å². The summed E-state index contributed by atoms with van der Waals surface area (Å²) in [4.78, 5) is 28.6. The predicted octanol–water partition coefficient (Wildman–Crippen LogP) is 4.86. The van der Waals surface area contributed by atoms with E-state index in [1.165, 1.54) is 12.1 Å². The number of halogens is 1. The summed E-state index contributed by atoms with van der Waals surface area (Å²) < 4.78 is 13.4. The molecule has 1 N–H and O–H groups in total. The van der Waals surface area contributed by atoms with E-state index in [0.717, 1.165) is 16.7 Å². The smallest absolute Gasteiger partial charge is 0.303 e. The maximum atomic E-state index is 13.4. The van der Waals surface area contributed by atoms with E-state index in [2.05, 4.69) is 4.90 Å². The number of nitrogens with zero attached hydrogens (tertiary/aromatic N) is 2. The van der Waals surface area contributed by atoms with Crippen LogP contribution in [0.15, 0.2) is 78.9 Å². The second kappa shape index (κ2) is 10.4. The molecule has 1 saturated heterocycles. The van der Waals surface area contributed by atoms with Gasteiger partial charge in [-0.15, -0.1) is 0 Å². The van der Waals surface area contributed by atoms with E-state index in [4.69, 9.17) is 0 Å². The van der Waals surface area contributed by atoms with Crippen LogP contribution in [0.1, 0.15) is 34.8 Å². The van der Waals surface area contributed by atoms with Gasteiger partial charge in [0, 0.05) is 44.2 Å². The highest BCUT2D eigenvalue weighted by Gasteiger charge is 2.28. The molecule has 5 nitrogen and oxygen atoms in total. The molecule has 170 valence electrons. The monoisotopic (exact) mass is 446 g/mol. The molecule has 0 radical (unpaired) electrons. The molecule has 6 heteroatoms. The first-order valence-electron chi connectivity index (χ1n) is 11.2. The number of benzene rings is 3. The zero-order chi connectivity index (χ0) is 23.2. The molecule has 1 atom stereocenters. The molecule has 0 spiro atoms. The fraction of sp³-hybridized carbons (Fsp3) is 0.259. The SMILES string of the molecule is O=C(O)CC[C@H](c1ccc(F)cc1)N1CCN(C(=O)c2ccccc2-c2ccccc2)CC1. The lowest BCUT2D eigenvalue weighted by Crippen LogP contribution is -2.49. The summed E-state index contributed by atoms with van der Waals surface area (Å²) in [6.07, 6.45) is 0.470. The van der Waals surface area contributed by atoms with E-state index >= 15 is 0 Å².